The number of hydrogen-bond donors (Lipinski definition) is 0. The van der Waals surface area contributed by atoms with Gasteiger partial charge in [-0.3, -0.25) is 9.80 Å². The SMILES string of the molecule is Fc1c(F)c(N(c2cccs2)c2cccc3c2Sc2ccccc2S3)c(F)c(F)c1-c1c(F)c(F)c(N(c2cccs2)c2cccc3c2Sc2ccccc2S3)c(F)c1F. The molecule has 0 unspecified atom stereocenters. The summed E-state index contributed by atoms with van der Waals surface area (Å²) in [6.45, 7) is 0. The zero-order chi connectivity index (χ0) is 41.4. The molecule has 8 aromatic rings. The van der Waals surface area contributed by atoms with Gasteiger partial charge in [0.1, 0.15) is 21.4 Å². The number of fused-ring (bicyclic) bond motifs is 4. The first-order chi connectivity index (χ1) is 29.1. The lowest BCUT2D eigenvalue weighted by Crippen LogP contribution is -2.19. The molecule has 60 heavy (non-hydrogen) atoms. The molecule has 0 N–H and O–H groups in total. The van der Waals surface area contributed by atoms with E-state index < -0.39 is 69.0 Å². The maximum atomic E-state index is 16.7. The van der Waals surface area contributed by atoms with Crippen LogP contribution in [0.3, 0.4) is 0 Å². The Morgan fingerprint density at radius 1 is 0.317 bits per heavy atom. The molecule has 0 saturated carbocycles. The average Bonchev–Trinajstić information content (AvgIpc) is 4.01. The zero-order valence-electron chi connectivity index (χ0n) is 29.9. The minimum absolute atomic E-state index is 0.146. The Labute approximate surface area is 361 Å². The Morgan fingerprint density at radius 2 is 0.650 bits per heavy atom. The van der Waals surface area contributed by atoms with Crippen LogP contribution in [0.25, 0.3) is 11.1 Å². The predicted octanol–water partition coefficient (Wildman–Crippen LogP) is 16.8. The third-order valence-electron chi connectivity index (χ3n) is 9.59. The summed E-state index contributed by atoms with van der Waals surface area (Å²) in [5.41, 5.74) is -6.05. The van der Waals surface area contributed by atoms with Crippen molar-refractivity contribution < 1.29 is 35.1 Å². The van der Waals surface area contributed by atoms with Crippen LogP contribution in [-0.4, -0.2) is 0 Å². The molecule has 4 heterocycles. The van der Waals surface area contributed by atoms with Crippen LogP contribution in [-0.2, 0) is 0 Å². The zero-order valence-corrected chi connectivity index (χ0v) is 34.8. The fourth-order valence-electron chi connectivity index (χ4n) is 6.99. The molecule has 0 saturated heterocycles. The van der Waals surface area contributed by atoms with E-state index in [1.165, 1.54) is 71.3 Å². The highest BCUT2D eigenvalue weighted by Gasteiger charge is 2.39. The van der Waals surface area contributed by atoms with Crippen molar-refractivity contribution in [1.29, 1.82) is 0 Å². The third kappa shape index (κ3) is 6.33. The van der Waals surface area contributed by atoms with Gasteiger partial charge in [0.25, 0.3) is 0 Å². The average molecular weight is 921 g/mol. The Hall–Kier alpha value is -4.84. The van der Waals surface area contributed by atoms with Crippen molar-refractivity contribution in [1.82, 2.24) is 0 Å². The molecule has 0 spiro atoms. The summed E-state index contributed by atoms with van der Waals surface area (Å²) in [4.78, 5) is 7.90. The van der Waals surface area contributed by atoms with Crippen LogP contribution >= 0.6 is 69.7 Å². The molecule has 0 amide bonds. The summed E-state index contributed by atoms with van der Waals surface area (Å²) in [7, 11) is 0. The van der Waals surface area contributed by atoms with E-state index in [9.17, 15) is 0 Å². The largest absolute Gasteiger partial charge is 0.295 e. The standard InChI is InChI=1S/C44H20F8N2S6/c45-33-31(34(46)38(50)41(37(33)49)53(29-17-7-19-55-29)21-9-5-15-27-43(21)59-25-13-3-1-11-23(25)57-27)32-35(47)39(51)42(40(52)36(32)48)54(30-18-8-20-56-30)22-10-6-16-28-44(22)60-26-14-4-2-12-24(26)58-28/h1-20H. The molecule has 2 aromatic heterocycles. The van der Waals surface area contributed by atoms with E-state index in [0.717, 1.165) is 52.1 Å². The number of hydrogen-bond acceptors (Lipinski definition) is 8. The van der Waals surface area contributed by atoms with E-state index in [1.54, 1.807) is 47.2 Å². The number of benzene rings is 6. The second kappa shape index (κ2) is 15.6. The van der Waals surface area contributed by atoms with Crippen molar-refractivity contribution in [2.24, 2.45) is 0 Å². The van der Waals surface area contributed by atoms with Gasteiger partial charge in [-0.05, 0) is 83.6 Å². The molecule has 0 atom stereocenters. The molecule has 298 valence electrons. The van der Waals surface area contributed by atoms with Crippen molar-refractivity contribution in [3.63, 3.8) is 0 Å². The molecule has 0 fully saturated rings. The number of halogens is 8. The van der Waals surface area contributed by atoms with Gasteiger partial charge in [0, 0.05) is 29.4 Å². The summed E-state index contributed by atoms with van der Waals surface area (Å²) >= 11 is 7.37. The Balaban J connectivity index is 1.13. The van der Waals surface area contributed by atoms with Gasteiger partial charge < -0.3 is 0 Å². The van der Waals surface area contributed by atoms with Crippen LogP contribution in [0.1, 0.15) is 0 Å². The maximum absolute atomic E-state index is 16.7. The topological polar surface area (TPSA) is 6.48 Å². The molecule has 10 rings (SSSR count). The Morgan fingerprint density at radius 3 is 0.983 bits per heavy atom. The van der Waals surface area contributed by atoms with Gasteiger partial charge in [0.15, 0.2) is 46.5 Å². The fraction of sp³-hybridized carbons (Fsp3) is 0. The highest BCUT2D eigenvalue weighted by molar-refractivity contribution is 8.05. The molecule has 0 radical (unpaired) electrons. The van der Waals surface area contributed by atoms with E-state index in [2.05, 4.69) is 0 Å². The molecule has 0 bridgehead atoms. The van der Waals surface area contributed by atoms with E-state index in [-0.39, 0.29) is 21.4 Å². The van der Waals surface area contributed by atoms with Gasteiger partial charge in [-0.1, -0.05) is 83.4 Å². The van der Waals surface area contributed by atoms with Gasteiger partial charge in [0.2, 0.25) is 0 Å². The van der Waals surface area contributed by atoms with Crippen molar-refractivity contribution in [3.8, 4) is 11.1 Å². The molecule has 16 heteroatoms. The lowest BCUT2D eigenvalue weighted by molar-refractivity contribution is 0.444. The second-order valence-corrected chi connectivity index (χ2v) is 19.2. The predicted molar refractivity (Wildman–Crippen MR) is 226 cm³/mol. The smallest absolute Gasteiger partial charge is 0.186 e. The van der Waals surface area contributed by atoms with Gasteiger partial charge in [-0.15, -0.1) is 22.7 Å². The number of nitrogens with zero attached hydrogens (tertiary/aromatic N) is 2. The minimum Gasteiger partial charge on any atom is -0.295 e. The van der Waals surface area contributed by atoms with Crippen molar-refractivity contribution >= 4 is 102 Å². The molecule has 2 nitrogen and oxygen atoms in total. The third-order valence-corrected chi connectivity index (χ3v) is 16.5. The van der Waals surface area contributed by atoms with E-state index >= 15 is 35.1 Å². The van der Waals surface area contributed by atoms with E-state index in [4.69, 9.17) is 0 Å². The van der Waals surface area contributed by atoms with Crippen LogP contribution in [0.2, 0.25) is 0 Å². The molecular formula is C44H20F8N2S6. The highest BCUT2D eigenvalue weighted by atomic mass is 32.2. The minimum atomic E-state index is -2.26. The lowest BCUT2D eigenvalue weighted by Gasteiger charge is -2.30. The first-order valence-electron chi connectivity index (χ1n) is 17.7. The van der Waals surface area contributed by atoms with Crippen LogP contribution in [0, 0.1) is 46.5 Å². The van der Waals surface area contributed by atoms with Gasteiger partial charge in [-0.25, -0.2) is 35.1 Å². The van der Waals surface area contributed by atoms with E-state index in [1.807, 2.05) is 48.5 Å². The number of anilines is 6. The Bertz CT molecular complexity index is 2750. The lowest BCUT2D eigenvalue weighted by atomic mass is 9.99. The summed E-state index contributed by atoms with van der Waals surface area (Å²) in [5.74, 6) is -17.2. The monoisotopic (exact) mass is 920 g/mol. The van der Waals surface area contributed by atoms with Crippen LogP contribution in [0.15, 0.2) is 159 Å². The molecule has 0 aliphatic carbocycles. The molecule has 2 aliphatic rings. The normalized spacial score (nSPS) is 12.7. The van der Waals surface area contributed by atoms with Gasteiger partial charge in [-0.2, -0.15) is 0 Å². The van der Waals surface area contributed by atoms with Crippen LogP contribution < -0.4 is 9.80 Å². The van der Waals surface area contributed by atoms with Gasteiger partial charge >= 0.3 is 0 Å². The second-order valence-electron chi connectivity index (χ2n) is 13.0. The number of rotatable bonds is 7. The highest BCUT2D eigenvalue weighted by Crippen LogP contribution is 2.57. The first kappa shape index (κ1) is 39.3. The first-order valence-corrected chi connectivity index (χ1v) is 22.7. The fourth-order valence-corrected chi connectivity index (χ4v) is 13.2. The van der Waals surface area contributed by atoms with Crippen molar-refractivity contribution in [3.05, 3.63) is 166 Å². The Kier molecular flexibility index (Phi) is 10.2. The van der Waals surface area contributed by atoms with Crippen molar-refractivity contribution in [2.45, 2.75) is 39.2 Å². The number of thiophene rings is 2. The van der Waals surface area contributed by atoms with Crippen LogP contribution in [0.4, 0.5) is 67.9 Å². The van der Waals surface area contributed by atoms with E-state index in [0.29, 0.717) is 19.6 Å². The summed E-state index contributed by atoms with van der Waals surface area (Å²) in [6.07, 6.45) is 0. The summed E-state index contributed by atoms with van der Waals surface area (Å²) < 4.78 is 133. The van der Waals surface area contributed by atoms with Crippen LogP contribution in [0.5, 0.6) is 0 Å². The maximum Gasteiger partial charge on any atom is 0.186 e. The molecule has 6 aromatic carbocycles. The summed E-state index contributed by atoms with van der Waals surface area (Å²) in [6, 6.07) is 30.8. The molecule has 2 aliphatic heterocycles. The molecular weight excluding hydrogens is 901 g/mol. The van der Waals surface area contributed by atoms with Crippen molar-refractivity contribution in [2.75, 3.05) is 9.80 Å². The van der Waals surface area contributed by atoms with Gasteiger partial charge in [0.05, 0.1) is 32.3 Å². The summed E-state index contributed by atoms with van der Waals surface area (Å²) in [5, 5.41) is 3.47. The quantitative estimate of drug-likeness (QED) is 0.115.